The molecule has 0 atom stereocenters. The Labute approximate surface area is 117 Å². The van der Waals surface area contributed by atoms with Crippen molar-refractivity contribution in [3.8, 4) is 0 Å². The fraction of sp³-hybridized carbons (Fsp3) is 0.500. The summed E-state index contributed by atoms with van der Waals surface area (Å²) in [7, 11) is 0. The zero-order valence-corrected chi connectivity index (χ0v) is 11.5. The molecule has 0 aliphatic heterocycles. The molecule has 108 valence electrons. The molecule has 1 aromatic carbocycles. The molecule has 1 aliphatic rings. The van der Waals surface area contributed by atoms with Crippen molar-refractivity contribution in [1.82, 2.24) is 0 Å². The molecule has 0 radical (unpaired) electrons. The topological polar surface area (TPSA) is 98.3 Å². The first-order chi connectivity index (χ1) is 9.47. The molecule has 0 aromatic heterocycles. The number of nitrogens with one attached hydrogen (secondary N) is 1. The number of nitro benzene ring substituents is 1. The minimum absolute atomic E-state index is 0.0285. The molecule has 1 fully saturated rings. The lowest BCUT2D eigenvalue weighted by atomic mass is 9.85. The summed E-state index contributed by atoms with van der Waals surface area (Å²) in [5, 5.41) is 14.1. The standard InChI is InChI=1S/C14H19N3O3/c1-9-2-7-12(17(19)20)8-13(9)16-11-5-3-10(4-6-11)14(15)18/h2,7-8,10-11,16H,3-6H2,1H3,(H2,15,18). The summed E-state index contributed by atoms with van der Waals surface area (Å²) in [5.74, 6) is -0.255. The predicted molar refractivity (Wildman–Crippen MR) is 76.4 cm³/mol. The molecule has 20 heavy (non-hydrogen) atoms. The van der Waals surface area contributed by atoms with Crippen LogP contribution in [0.25, 0.3) is 0 Å². The van der Waals surface area contributed by atoms with Gasteiger partial charge in [-0.05, 0) is 38.2 Å². The van der Waals surface area contributed by atoms with Crippen LogP contribution in [0.15, 0.2) is 18.2 Å². The molecule has 1 aliphatic carbocycles. The second kappa shape index (κ2) is 5.90. The van der Waals surface area contributed by atoms with Gasteiger partial charge < -0.3 is 11.1 Å². The number of amides is 1. The van der Waals surface area contributed by atoms with Crippen molar-refractivity contribution < 1.29 is 9.72 Å². The van der Waals surface area contributed by atoms with Crippen molar-refractivity contribution in [1.29, 1.82) is 0 Å². The molecule has 1 saturated carbocycles. The number of carbonyl (C=O) groups is 1. The monoisotopic (exact) mass is 277 g/mol. The van der Waals surface area contributed by atoms with Gasteiger partial charge >= 0.3 is 0 Å². The Morgan fingerprint density at radius 3 is 2.55 bits per heavy atom. The van der Waals surface area contributed by atoms with Crippen molar-refractivity contribution in [3.63, 3.8) is 0 Å². The molecule has 0 heterocycles. The average Bonchev–Trinajstić information content (AvgIpc) is 2.41. The number of nitro groups is 1. The quantitative estimate of drug-likeness (QED) is 0.652. The smallest absolute Gasteiger partial charge is 0.271 e. The first-order valence-corrected chi connectivity index (χ1v) is 6.78. The van der Waals surface area contributed by atoms with E-state index in [1.54, 1.807) is 12.1 Å². The number of nitrogens with zero attached hydrogens (tertiary/aromatic N) is 1. The lowest BCUT2D eigenvalue weighted by molar-refractivity contribution is -0.384. The van der Waals surface area contributed by atoms with E-state index in [4.69, 9.17) is 5.73 Å². The Bertz CT molecular complexity index is 522. The Balaban J connectivity index is 2.02. The average molecular weight is 277 g/mol. The number of anilines is 1. The van der Waals surface area contributed by atoms with Gasteiger partial charge in [0.05, 0.1) is 4.92 Å². The van der Waals surface area contributed by atoms with Gasteiger partial charge in [-0.3, -0.25) is 14.9 Å². The van der Waals surface area contributed by atoms with E-state index in [0.717, 1.165) is 36.9 Å². The van der Waals surface area contributed by atoms with E-state index < -0.39 is 4.92 Å². The molecular weight excluding hydrogens is 258 g/mol. The third-order valence-electron chi connectivity index (χ3n) is 3.92. The minimum Gasteiger partial charge on any atom is -0.382 e. The molecule has 0 unspecified atom stereocenters. The maximum atomic E-state index is 11.1. The molecule has 1 aromatic rings. The number of rotatable bonds is 4. The highest BCUT2D eigenvalue weighted by molar-refractivity contribution is 5.76. The van der Waals surface area contributed by atoms with Crippen molar-refractivity contribution in [2.24, 2.45) is 11.7 Å². The van der Waals surface area contributed by atoms with E-state index in [1.165, 1.54) is 6.07 Å². The van der Waals surface area contributed by atoms with Crippen molar-refractivity contribution >= 4 is 17.3 Å². The molecule has 3 N–H and O–H groups in total. The summed E-state index contributed by atoms with van der Waals surface area (Å²) in [5.41, 5.74) is 7.17. The first-order valence-electron chi connectivity index (χ1n) is 6.78. The van der Waals surface area contributed by atoms with Gasteiger partial charge in [-0.2, -0.15) is 0 Å². The number of nitrogens with two attached hydrogens (primary N) is 1. The van der Waals surface area contributed by atoms with Crippen LogP contribution < -0.4 is 11.1 Å². The maximum absolute atomic E-state index is 11.1. The number of hydrogen-bond donors (Lipinski definition) is 2. The van der Waals surface area contributed by atoms with Gasteiger partial charge in [-0.1, -0.05) is 6.07 Å². The number of carbonyl (C=O) groups excluding carboxylic acids is 1. The van der Waals surface area contributed by atoms with Crippen LogP contribution in [-0.4, -0.2) is 16.9 Å². The van der Waals surface area contributed by atoms with Gasteiger partial charge in [0.15, 0.2) is 0 Å². The molecule has 1 amide bonds. The lowest BCUT2D eigenvalue weighted by Crippen LogP contribution is -2.32. The van der Waals surface area contributed by atoms with Crippen molar-refractivity contribution in [2.75, 3.05) is 5.32 Å². The highest BCUT2D eigenvalue weighted by Gasteiger charge is 2.25. The number of hydrogen-bond acceptors (Lipinski definition) is 4. The Kier molecular flexibility index (Phi) is 4.22. The van der Waals surface area contributed by atoms with Crippen LogP contribution in [0.4, 0.5) is 11.4 Å². The van der Waals surface area contributed by atoms with Crippen LogP contribution in [0.2, 0.25) is 0 Å². The Morgan fingerprint density at radius 2 is 2.00 bits per heavy atom. The van der Waals surface area contributed by atoms with Crippen molar-refractivity contribution in [3.05, 3.63) is 33.9 Å². The first kappa shape index (κ1) is 14.3. The minimum atomic E-state index is -0.394. The van der Waals surface area contributed by atoms with Gasteiger partial charge in [0.1, 0.15) is 0 Å². The highest BCUT2D eigenvalue weighted by atomic mass is 16.6. The molecule has 0 bridgehead atoms. The summed E-state index contributed by atoms with van der Waals surface area (Å²) >= 11 is 0. The second-order valence-electron chi connectivity index (χ2n) is 5.35. The molecule has 6 nitrogen and oxygen atoms in total. The Morgan fingerprint density at radius 1 is 1.35 bits per heavy atom. The van der Waals surface area contributed by atoms with Gasteiger partial charge in [0.25, 0.3) is 5.69 Å². The largest absolute Gasteiger partial charge is 0.382 e. The van der Waals surface area contributed by atoms with Gasteiger partial charge in [-0.25, -0.2) is 0 Å². The van der Waals surface area contributed by atoms with E-state index in [-0.39, 0.29) is 23.6 Å². The van der Waals surface area contributed by atoms with E-state index >= 15 is 0 Å². The zero-order valence-electron chi connectivity index (χ0n) is 11.5. The van der Waals surface area contributed by atoms with Crippen LogP contribution in [0.1, 0.15) is 31.2 Å². The maximum Gasteiger partial charge on any atom is 0.271 e. The molecule has 2 rings (SSSR count). The van der Waals surface area contributed by atoms with Gasteiger partial charge in [0, 0.05) is 29.8 Å². The number of benzene rings is 1. The zero-order chi connectivity index (χ0) is 14.7. The fourth-order valence-electron chi connectivity index (χ4n) is 2.62. The number of aryl methyl sites for hydroxylation is 1. The highest BCUT2D eigenvalue weighted by Crippen LogP contribution is 2.29. The van der Waals surface area contributed by atoms with Crippen LogP contribution in [0.3, 0.4) is 0 Å². The number of primary amides is 1. The summed E-state index contributed by atoms with van der Waals surface area (Å²) < 4.78 is 0. The fourth-order valence-corrected chi connectivity index (χ4v) is 2.62. The van der Waals surface area contributed by atoms with Crippen LogP contribution in [0, 0.1) is 23.0 Å². The van der Waals surface area contributed by atoms with Crippen LogP contribution in [0.5, 0.6) is 0 Å². The predicted octanol–water partition coefficient (Wildman–Crippen LogP) is 2.36. The molecule has 6 heteroatoms. The number of non-ortho nitro benzene ring substituents is 1. The SMILES string of the molecule is Cc1ccc([N+](=O)[O-])cc1NC1CCC(C(N)=O)CC1. The van der Waals surface area contributed by atoms with Gasteiger partial charge in [0.2, 0.25) is 5.91 Å². The van der Waals surface area contributed by atoms with Crippen molar-refractivity contribution in [2.45, 2.75) is 38.6 Å². The molecule has 0 saturated heterocycles. The molecule has 0 spiro atoms. The summed E-state index contributed by atoms with van der Waals surface area (Å²) in [6, 6.07) is 5.06. The van der Waals surface area contributed by atoms with E-state index in [2.05, 4.69) is 5.32 Å². The third kappa shape index (κ3) is 3.26. The van der Waals surface area contributed by atoms with Gasteiger partial charge in [-0.15, -0.1) is 0 Å². The van der Waals surface area contributed by atoms with E-state index in [1.807, 2.05) is 6.92 Å². The molecular formula is C14H19N3O3. The second-order valence-corrected chi connectivity index (χ2v) is 5.35. The summed E-state index contributed by atoms with van der Waals surface area (Å²) in [4.78, 5) is 21.5. The lowest BCUT2D eigenvalue weighted by Gasteiger charge is -2.28. The normalized spacial score (nSPS) is 22.2. The summed E-state index contributed by atoms with van der Waals surface area (Å²) in [6.45, 7) is 1.92. The van der Waals surface area contributed by atoms with E-state index in [0.29, 0.717) is 0 Å². The van der Waals surface area contributed by atoms with Crippen LogP contribution >= 0.6 is 0 Å². The third-order valence-corrected chi connectivity index (χ3v) is 3.92. The van der Waals surface area contributed by atoms with Crippen LogP contribution in [-0.2, 0) is 4.79 Å². The van der Waals surface area contributed by atoms with E-state index in [9.17, 15) is 14.9 Å². The summed E-state index contributed by atoms with van der Waals surface area (Å²) in [6.07, 6.45) is 3.27. The Hall–Kier alpha value is -2.11.